The van der Waals surface area contributed by atoms with Gasteiger partial charge in [0.05, 0.1) is 11.7 Å². The summed E-state index contributed by atoms with van der Waals surface area (Å²) in [5, 5.41) is 12.6. The van der Waals surface area contributed by atoms with Crippen LogP contribution in [0.3, 0.4) is 0 Å². The second-order valence-corrected chi connectivity index (χ2v) is 6.34. The van der Waals surface area contributed by atoms with Crippen LogP contribution in [0, 0.1) is 6.92 Å². The SMILES string of the molecule is Cc1cccc(N2C(=O)S[C@@H](Nc3ccc(C(=O)[O-])cc3)C2=O)c1. The van der Waals surface area contributed by atoms with Gasteiger partial charge in [0.15, 0.2) is 5.37 Å². The molecule has 24 heavy (non-hydrogen) atoms. The number of carboxylic acids is 1. The van der Waals surface area contributed by atoms with Gasteiger partial charge >= 0.3 is 0 Å². The van der Waals surface area contributed by atoms with Crippen molar-refractivity contribution in [1.82, 2.24) is 0 Å². The summed E-state index contributed by atoms with van der Waals surface area (Å²) < 4.78 is 0. The predicted octanol–water partition coefficient (Wildman–Crippen LogP) is 2.00. The lowest BCUT2D eigenvalue weighted by Gasteiger charge is -2.15. The van der Waals surface area contributed by atoms with Crippen molar-refractivity contribution < 1.29 is 19.5 Å². The van der Waals surface area contributed by atoms with Crippen molar-refractivity contribution in [1.29, 1.82) is 0 Å². The van der Waals surface area contributed by atoms with E-state index in [2.05, 4.69) is 5.32 Å². The van der Waals surface area contributed by atoms with E-state index in [1.807, 2.05) is 13.0 Å². The molecule has 0 bridgehead atoms. The number of hydrogen-bond donors (Lipinski definition) is 1. The minimum Gasteiger partial charge on any atom is -0.545 e. The van der Waals surface area contributed by atoms with E-state index >= 15 is 0 Å². The van der Waals surface area contributed by atoms with Crippen LogP contribution in [0.15, 0.2) is 48.5 Å². The number of aromatic carboxylic acids is 1. The van der Waals surface area contributed by atoms with E-state index in [0.29, 0.717) is 11.4 Å². The fourth-order valence-corrected chi connectivity index (χ4v) is 3.26. The first kappa shape index (κ1) is 16.1. The van der Waals surface area contributed by atoms with Crippen molar-refractivity contribution in [2.45, 2.75) is 12.3 Å². The number of carbonyl (C=O) groups excluding carboxylic acids is 3. The van der Waals surface area contributed by atoms with E-state index in [1.54, 1.807) is 18.2 Å². The van der Waals surface area contributed by atoms with E-state index < -0.39 is 11.3 Å². The first-order chi connectivity index (χ1) is 11.5. The highest BCUT2D eigenvalue weighted by Gasteiger charge is 2.40. The maximum atomic E-state index is 12.5. The van der Waals surface area contributed by atoms with Crippen molar-refractivity contribution in [3.8, 4) is 0 Å². The van der Waals surface area contributed by atoms with Gasteiger partial charge in [-0.25, -0.2) is 4.90 Å². The molecular formula is C17H13N2O4S-. The molecule has 1 fully saturated rings. The minimum atomic E-state index is -1.27. The van der Waals surface area contributed by atoms with Gasteiger partial charge in [0, 0.05) is 5.69 Å². The van der Waals surface area contributed by atoms with Gasteiger partial charge in [0.1, 0.15) is 0 Å². The van der Waals surface area contributed by atoms with Gasteiger partial charge in [0.25, 0.3) is 11.1 Å². The van der Waals surface area contributed by atoms with Crippen LogP contribution in [0.1, 0.15) is 15.9 Å². The van der Waals surface area contributed by atoms with Gasteiger partial charge in [-0.3, -0.25) is 9.59 Å². The van der Waals surface area contributed by atoms with Crippen LogP contribution >= 0.6 is 11.8 Å². The zero-order chi connectivity index (χ0) is 17.3. The Labute approximate surface area is 142 Å². The molecule has 0 spiro atoms. The quantitative estimate of drug-likeness (QED) is 0.915. The average Bonchev–Trinajstić information content (AvgIpc) is 2.82. The second kappa shape index (κ2) is 6.37. The molecule has 2 aromatic carbocycles. The predicted molar refractivity (Wildman–Crippen MR) is 89.8 cm³/mol. The van der Waals surface area contributed by atoms with Crippen molar-refractivity contribution in [3.63, 3.8) is 0 Å². The normalized spacial score (nSPS) is 17.2. The Morgan fingerprint density at radius 2 is 1.88 bits per heavy atom. The number of anilines is 2. The van der Waals surface area contributed by atoms with Crippen LogP contribution in [0.5, 0.6) is 0 Å². The van der Waals surface area contributed by atoms with Crippen molar-refractivity contribution in [3.05, 3.63) is 59.7 Å². The Hall–Kier alpha value is -2.80. The second-order valence-electron chi connectivity index (χ2n) is 5.29. The zero-order valence-electron chi connectivity index (χ0n) is 12.7. The smallest absolute Gasteiger partial charge is 0.295 e. The van der Waals surface area contributed by atoms with Crippen LogP contribution < -0.4 is 15.3 Å². The number of benzene rings is 2. The third-order valence-electron chi connectivity index (χ3n) is 3.52. The summed E-state index contributed by atoms with van der Waals surface area (Å²) in [5.74, 6) is -1.63. The Morgan fingerprint density at radius 3 is 2.50 bits per heavy atom. The Balaban J connectivity index is 1.77. The molecule has 0 aliphatic carbocycles. The van der Waals surface area contributed by atoms with E-state index in [4.69, 9.17) is 0 Å². The van der Waals surface area contributed by atoms with E-state index in [-0.39, 0.29) is 16.7 Å². The fraction of sp³-hybridized carbons (Fsp3) is 0.118. The minimum absolute atomic E-state index is 0.0448. The molecule has 1 saturated heterocycles. The molecule has 0 aromatic heterocycles. The number of imide groups is 1. The van der Waals surface area contributed by atoms with Crippen LogP contribution in [0.2, 0.25) is 0 Å². The molecule has 1 heterocycles. The Morgan fingerprint density at radius 1 is 1.17 bits per heavy atom. The molecule has 1 aliphatic heterocycles. The van der Waals surface area contributed by atoms with Gasteiger partial charge < -0.3 is 15.2 Å². The summed E-state index contributed by atoms with van der Waals surface area (Å²) >= 11 is 0.885. The maximum Gasteiger partial charge on any atom is 0.295 e. The van der Waals surface area contributed by atoms with Crippen LogP contribution in [0.4, 0.5) is 16.2 Å². The molecule has 6 nitrogen and oxygen atoms in total. The molecule has 7 heteroatoms. The standard InChI is InChI=1S/C17H14N2O4S/c1-10-3-2-4-13(9-10)19-15(20)14(24-17(19)23)18-12-7-5-11(6-8-12)16(21)22/h2-9,14,18H,1H3,(H,21,22)/p-1/t14-/m1/s1. The first-order valence-corrected chi connectivity index (χ1v) is 8.03. The number of rotatable bonds is 4. The summed E-state index contributed by atoms with van der Waals surface area (Å²) in [6, 6.07) is 13.0. The molecule has 1 atom stereocenters. The number of nitrogens with one attached hydrogen (secondary N) is 1. The third kappa shape index (κ3) is 3.11. The average molecular weight is 341 g/mol. The van der Waals surface area contributed by atoms with E-state index in [0.717, 1.165) is 22.2 Å². The van der Waals surface area contributed by atoms with E-state index in [9.17, 15) is 19.5 Å². The van der Waals surface area contributed by atoms with Crippen LogP contribution in [-0.4, -0.2) is 22.5 Å². The number of thioether (sulfide) groups is 1. The molecule has 3 rings (SSSR count). The molecule has 1 aliphatic rings. The lowest BCUT2D eigenvalue weighted by atomic mass is 10.2. The van der Waals surface area contributed by atoms with Crippen molar-refractivity contribution in [2.75, 3.05) is 10.2 Å². The fourth-order valence-electron chi connectivity index (χ4n) is 2.36. The topological polar surface area (TPSA) is 89.5 Å². The maximum absolute atomic E-state index is 12.5. The number of carbonyl (C=O) groups is 3. The van der Waals surface area contributed by atoms with Gasteiger partial charge in [-0.05, 0) is 54.1 Å². The number of carboxylic acid groups (broad SMARTS) is 1. The highest BCUT2D eigenvalue weighted by molar-refractivity contribution is 8.16. The summed E-state index contributed by atoms with van der Waals surface area (Å²) in [7, 11) is 0. The van der Waals surface area contributed by atoms with Gasteiger partial charge in [-0.2, -0.15) is 0 Å². The molecule has 0 radical (unpaired) electrons. The van der Waals surface area contributed by atoms with Crippen LogP contribution in [0.25, 0.3) is 0 Å². The van der Waals surface area contributed by atoms with Crippen LogP contribution in [-0.2, 0) is 4.79 Å². The molecule has 2 aromatic rings. The highest BCUT2D eigenvalue weighted by atomic mass is 32.2. The summed E-state index contributed by atoms with van der Waals surface area (Å²) in [6.07, 6.45) is 0. The number of nitrogens with zero attached hydrogens (tertiary/aromatic N) is 1. The molecule has 0 saturated carbocycles. The molecule has 1 N–H and O–H groups in total. The molecule has 122 valence electrons. The Kier molecular flexibility index (Phi) is 4.26. The largest absolute Gasteiger partial charge is 0.545 e. The monoisotopic (exact) mass is 341 g/mol. The third-order valence-corrected chi connectivity index (χ3v) is 4.46. The summed E-state index contributed by atoms with van der Waals surface area (Å²) in [4.78, 5) is 36.6. The summed E-state index contributed by atoms with van der Waals surface area (Å²) in [6.45, 7) is 1.89. The highest BCUT2D eigenvalue weighted by Crippen LogP contribution is 2.32. The van der Waals surface area contributed by atoms with Crippen molar-refractivity contribution in [2.24, 2.45) is 0 Å². The van der Waals surface area contributed by atoms with Gasteiger partial charge in [0.2, 0.25) is 0 Å². The summed E-state index contributed by atoms with van der Waals surface area (Å²) in [5.41, 5.74) is 2.08. The zero-order valence-corrected chi connectivity index (χ0v) is 13.5. The molecule has 0 unspecified atom stereocenters. The van der Waals surface area contributed by atoms with Gasteiger partial charge in [-0.15, -0.1) is 0 Å². The lowest BCUT2D eigenvalue weighted by Crippen LogP contribution is -2.34. The van der Waals surface area contributed by atoms with Gasteiger partial charge in [-0.1, -0.05) is 24.3 Å². The number of hydrogen-bond acceptors (Lipinski definition) is 6. The molecular weight excluding hydrogens is 328 g/mol. The first-order valence-electron chi connectivity index (χ1n) is 7.15. The Bertz CT molecular complexity index is 820. The van der Waals surface area contributed by atoms with Crippen molar-refractivity contribution >= 4 is 40.3 Å². The lowest BCUT2D eigenvalue weighted by molar-refractivity contribution is -0.255. The molecule has 2 amide bonds. The number of amides is 2. The number of aryl methyl sites for hydroxylation is 1. The van der Waals surface area contributed by atoms with E-state index in [1.165, 1.54) is 24.3 Å².